The van der Waals surface area contributed by atoms with Crippen LogP contribution in [0.1, 0.15) is 48.9 Å². The van der Waals surface area contributed by atoms with E-state index in [9.17, 15) is 9.59 Å². The van der Waals surface area contributed by atoms with Crippen LogP contribution in [0, 0.1) is 5.41 Å². The molecule has 5 heteroatoms. The lowest BCUT2D eigenvalue weighted by Crippen LogP contribution is -2.51. The molecule has 0 saturated carbocycles. The summed E-state index contributed by atoms with van der Waals surface area (Å²) in [5, 5.41) is 0. The van der Waals surface area contributed by atoms with Crippen LogP contribution in [-0.2, 0) is 4.79 Å². The summed E-state index contributed by atoms with van der Waals surface area (Å²) in [4.78, 5) is 30.3. The lowest BCUT2D eigenvalue weighted by Gasteiger charge is -2.43. The number of likely N-dealkylation sites (tertiary alicyclic amines) is 2. The second-order valence-corrected chi connectivity index (χ2v) is 8.92. The van der Waals surface area contributed by atoms with Crippen LogP contribution in [0.3, 0.4) is 0 Å². The maximum atomic E-state index is 13.2. The lowest BCUT2D eigenvalue weighted by molar-refractivity contribution is -0.136. The molecule has 5 nitrogen and oxygen atoms in total. The van der Waals surface area contributed by atoms with Gasteiger partial charge in [-0.25, -0.2) is 0 Å². The molecule has 4 rings (SSSR count). The summed E-state index contributed by atoms with van der Waals surface area (Å²) in [6.45, 7) is 3.41. The largest absolute Gasteiger partial charge is 0.493 e. The number of amides is 2. The Kier molecular flexibility index (Phi) is 6.90. The van der Waals surface area contributed by atoms with Crippen LogP contribution in [0.5, 0.6) is 5.75 Å². The number of hydrogen-bond acceptors (Lipinski definition) is 3. The maximum absolute atomic E-state index is 13.2. The first-order chi connectivity index (χ1) is 15.2. The van der Waals surface area contributed by atoms with E-state index in [1.165, 1.54) is 6.42 Å². The number of piperidine rings is 2. The molecule has 0 bridgehead atoms. The molecule has 0 aliphatic carbocycles. The number of benzene rings is 2. The Balaban J connectivity index is 1.51. The van der Waals surface area contributed by atoms with Crippen molar-refractivity contribution in [3.05, 3.63) is 66.2 Å². The monoisotopic (exact) mass is 420 g/mol. The molecule has 2 aromatic carbocycles. The first-order valence-corrected chi connectivity index (χ1v) is 11.5. The van der Waals surface area contributed by atoms with Crippen molar-refractivity contribution in [2.75, 3.05) is 32.8 Å². The van der Waals surface area contributed by atoms with Crippen LogP contribution in [0.15, 0.2) is 60.7 Å². The summed E-state index contributed by atoms with van der Waals surface area (Å²) in [7, 11) is 0. The third kappa shape index (κ3) is 5.46. The average Bonchev–Trinajstić information content (AvgIpc) is 2.84. The second kappa shape index (κ2) is 9.99. The number of hydrogen-bond donors (Lipinski definition) is 0. The van der Waals surface area contributed by atoms with Crippen molar-refractivity contribution in [2.45, 2.75) is 38.5 Å². The van der Waals surface area contributed by atoms with Gasteiger partial charge in [-0.1, -0.05) is 36.4 Å². The first kappa shape index (κ1) is 21.4. The Hall–Kier alpha value is -2.82. The van der Waals surface area contributed by atoms with E-state index < -0.39 is 0 Å². The molecule has 2 heterocycles. The highest BCUT2D eigenvalue weighted by Crippen LogP contribution is 2.36. The van der Waals surface area contributed by atoms with Gasteiger partial charge in [0, 0.05) is 43.6 Å². The van der Waals surface area contributed by atoms with E-state index in [4.69, 9.17) is 4.74 Å². The first-order valence-electron chi connectivity index (χ1n) is 11.5. The Bertz CT molecular complexity index is 865. The van der Waals surface area contributed by atoms with Crippen molar-refractivity contribution in [3.63, 3.8) is 0 Å². The molecule has 31 heavy (non-hydrogen) atoms. The number of ether oxygens (including phenoxy) is 1. The lowest BCUT2D eigenvalue weighted by atomic mass is 9.77. The molecule has 0 aromatic heterocycles. The fourth-order valence-electron chi connectivity index (χ4n) is 4.79. The van der Waals surface area contributed by atoms with E-state index >= 15 is 0 Å². The van der Waals surface area contributed by atoms with E-state index in [2.05, 4.69) is 0 Å². The zero-order chi connectivity index (χ0) is 21.5. The van der Waals surface area contributed by atoms with E-state index in [-0.39, 0.29) is 17.2 Å². The van der Waals surface area contributed by atoms with E-state index in [1.54, 1.807) is 0 Å². The maximum Gasteiger partial charge on any atom is 0.253 e. The predicted molar refractivity (Wildman–Crippen MR) is 121 cm³/mol. The second-order valence-electron chi connectivity index (χ2n) is 8.92. The number of nitrogens with zero attached hydrogens (tertiary/aromatic N) is 2. The summed E-state index contributed by atoms with van der Waals surface area (Å²) >= 11 is 0. The molecule has 2 fully saturated rings. The zero-order valence-corrected chi connectivity index (χ0v) is 18.2. The van der Waals surface area contributed by atoms with Gasteiger partial charge < -0.3 is 14.5 Å². The summed E-state index contributed by atoms with van der Waals surface area (Å²) < 4.78 is 6.16. The number of carbonyl (C=O) groups excluding carboxylic acids is 2. The van der Waals surface area contributed by atoms with Crippen LogP contribution in [0.25, 0.3) is 0 Å². The molecule has 164 valence electrons. The number of rotatable bonds is 6. The van der Waals surface area contributed by atoms with Gasteiger partial charge >= 0.3 is 0 Å². The van der Waals surface area contributed by atoms with Crippen LogP contribution < -0.4 is 4.74 Å². The normalized spacial score (nSPS) is 21.5. The Morgan fingerprint density at radius 3 is 2.16 bits per heavy atom. The number of carbonyl (C=O) groups is 2. The fourth-order valence-corrected chi connectivity index (χ4v) is 4.79. The van der Waals surface area contributed by atoms with E-state index in [0.29, 0.717) is 25.1 Å². The van der Waals surface area contributed by atoms with Gasteiger partial charge in [0.05, 0.1) is 6.61 Å². The highest BCUT2D eigenvalue weighted by atomic mass is 16.5. The van der Waals surface area contributed by atoms with Gasteiger partial charge in [-0.05, 0) is 56.4 Å². The molecule has 2 aliphatic heterocycles. The molecule has 2 amide bonds. The van der Waals surface area contributed by atoms with Gasteiger partial charge in [0.2, 0.25) is 5.91 Å². The minimum Gasteiger partial charge on any atom is -0.493 e. The minimum atomic E-state index is -0.368. The molecule has 0 radical (unpaired) electrons. The fraction of sp³-hybridized carbons (Fsp3) is 0.462. The molecule has 2 aliphatic rings. The SMILES string of the molecule is O=C(C[C@]1(COc2ccccc2)CCCN(C(=O)c2ccccc2)C1)N1CCCCC1. The van der Waals surface area contributed by atoms with Crippen LogP contribution in [-0.4, -0.2) is 54.4 Å². The smallest absolute Gasteiger partial charge is 0.253 e. The quantitative estimate of drug-likeness (QED) is 0.696. The van der Waals surface area contributed by atoms with Crippen molar-refractivity contribution in [3.8, 4) is 5.75 Å². The van der Waals surface area contributed by atoms with E-state index in [0.717, 1.165) is 51.1 Å². The Morgan fingerprint density at radius 2 is 1.45 bits per heavy atom. The van der Waals surface area contributed by atoms with Crippen molar-refractivity contribution < 1.29 is 14.3 Å². The van der Waals surface area contributed by atoms with E-state index in [1.807, 2.05) is 70.5 Å². The summed E-state index contributed by atoms with van der Waals surface area (Å²) in [6.07, 6.45) is 5.56. The van der Waals surface area contributed by atoms with Gasteiger partial charge in [0.15, 0.2) is 0 Å². The van der Waals surface area contributed by atoms with Crippen molar-refractivity contribution in [2.24, 2.45) is 5.41 Å². The summed E-state index contributed by atoms with van der Waals surface area (Å²) in [5.41, 5.74) is 0.331. The highest BCUT2D eigenvalue weighted by Gasteiger charge is 2.41. The van der Waals surface area contributed by atoms with Gasteiger partial charge in [-0.2, -0.15) is 0 Å². The molecular formula is C26H32N2O3. The zero-order valence-electron chi connectivity index (χ0n) is 18.2. The molecule has 1 atom stereocenters. The van der Waals surface area contributed by atoms with Crippen LogP contribution in [0.2, 0.25) is 0 Å². The third-order valence-corrected chi connectivity index (χ3v) is 6.49. The van der Waals surface area contributed by atoms with Gasteiger partial charge in [0.25, 0.3) is 5.91 Å². The summed E-state index contributed by atoms with van der Waals surface area (Å²) in [6, 6.07) is 19.2. The van der Waals surface area contributed by atoms with Crippen LogP contribution >= 0.6 is 0 Å². The topological polar surface area (TPSA) is 49.9 Å². The third-order valence-electron chi connectivity index (χ3n) is 6.49. The molecular weight excluding hydrogens is 388 g/mol. The Morgan fingerprint density at radius 1 is 0.806 bits per heavy atom. The average molecular weight is 421 g/mol. The molecule has 0 unspecified atom stereocenters. The molecule has 2 aromatic rings. The molecule has 0 spiro atoms. The summed E-state index contributed by atoms with van der Waals surface area (Å²) in [5.74, 6) is 1.04. The van der Waals surface area contributed by atoms with Gasteiger partial charge in [-0.15, -0.1) is 0 Å². The highest BCUT2D eigenvalue weighted by molar-refractivity contribution is 5.94. The predicted octanol–water partition coefficient (Wildman–Crippen LogP) is 4.39. The molecule has 2 saturated heterocycles. The standard InChI is InChI=1S/C26H32N2O3/c29-24(27-16-8-3-9-17-27)19-26(21-31-23-13-6-2-7-14-23)15-10-18-28(20-26)25(30)22-11-4-1-5-12-22/h1-2,4-7,11-14H,3,8-10,15-21H2/t26-/m1/s1. The number of para-hydroxylation sites is 1. The van der Waals surface area contributed by atoms with Crippen molar-refractivity contribution in [1.29, 1.82) is 0 Å². The Labute approximate surface area is 185 Å². The van der Waals surface area contributed by atoms with Crippen molar-refractivity contribution in [1.82, 2.24) is 9.80 Å². The van der Waals surface area contributed by atoms with Gasteiger partial charge in [-0.3, -0.25) is 9.59 Å². The van der Waals surface area contributed by atoms with Gasteiger partial charge in [0.1, 0.15) is 5.75 Å². The van der Waals surface area contributed by atoms with Crippen molar-refractivity contribution >= 4 is 11.8 Å². The minimum absolute atomic E-state index is 0.0369. The van der Waals surface area contributed by atoms with Crippen LogP contribution in [0.4, 0.5) is 0 Å². The molecule has 0 N–H and O–H groups in total.